The van der Waals surface area contributed by atoms with Gasteiger partial charge in [0, 0.05) is 19.0 Å². The van der Waals surface area contributed by atoms with Crippen molar-refractivity contribution < 1.29 is 14.3 Å². The number of halogens is 1. The summed E-state index contributed by atoms with van der Waals surface area (Å²) in [5, 5.41) is 3.42. The highest BCUT2D eigenvalue weighted by molar-refractivity contribution is 6.33. The fourth-order valence-electron chi connectivity index (χ4n) is 2.61. The largest absolute Gasteiger partial charge is 0.444 e. The van der Waals surface area contributed by atoms with E-state index >= 15 is 0 Å². The normalized spacial score (nSPS) is 16.0. The second kappa shape index (κ2) is 7.43. The zero-order valence-corrected chi connectivity index (χ0v) is 15.4. The van der Waals surface area contributed by atoms with Gasteiger partial charge < -0.3 is 15.0 Å². The third-order valence-corrected chi connectivity index (χ3v) is 4.21. The molecule has 0 saturated carbocycles. The van der Waals surface area contributed by atoms with Crippen molar-refractivity contribution in [2.24, 2.45) is 5.92 Å². The average Bonchev–Trinajstić information content (AvgIpc) is 2.48. The van der Waals surface area contributed by atoms with Gasteiger partial charge in [0.1, 0.15) is 5.60 Å². The molecule has 1 aliphatic heterocycles. The minimum Gasteiger partial charge on any atom is -0.444 e. The predicted octanol–water partition coefficient (Wildman–Crippen LogP) is 4.23. The summed E-state index contributed by atoms with van der Waals surface area (Å²) in [7, 11) is 0. The molecule has 24 heavy (non-hydrogen) atoms. The van der Waals surface area contributed by atoms with Crippen LogP contribution < -0.4 is 5.32 Å². The van der Waals surface area contributed by atoms with Crippen LogP contribution in [0.4, 0.5) is 10.5 Å². The Kier molecular flexibility index (Phi) is 5.75. The summed E-state index contributed by atoms with van der Waals surface area (Å²) < 4.78 is 5.36. The van der Waals surface area contributed by atoms with E-state index in [0.717, 1.165) is 5.56 Å². The van der Waals surface area contributed by atoms with Gasteiger partial charge in [0.25, 0.3) is 0 Å². The van der Waals surface area contributed by atoms with Gasteiger partial charge in [0.15, 0.2) is 0 Å². The highest BCUT2D eigenvalue weighted by atomic mass is 35.5. The van der Waals surface area contributed by atoms with E-state index in [2.05, 4.69) is 5.32 Å². The molecule has 1 aromatic rings. The van der Waals surface area contributed by atoms with Crippen LogP contribution in [0.5, 0.6) is 0 Å². The first-order valence-electron chi connectivity index (χ1n) is 8.20. The number of nitrogens with one attached hydrogen (secondary N) is 1. The molecule has 0 unspecified atom stereocenters. The molecule has 1 aliphatic rings. The maximum absolute atomic E-state index is 12.4. The van der Waals surface area contributed by atoms with Crippen LogP contribution in [0.15, 0.2) is 18.2 Å². The lowest BCUT2D eigenvalue weighted by Gasteiger charge is -2.33. The van der Waals surface area contributed by atoms with E-state index in [0.29, 0.717) is 36.6 Å². The van der Waals surface area contributed by atoms with Crippen LogP contribution in [0.2, 0.25) is 5.02 Å². The van der Waals surface area contributed by atoms with Crippen molar-refractivity contribution >= 4 is 29.3 Å². The van der Waals surface area contributed by atoms with Crippen LogP contribution in [-0.2, 0) is 9.53 Å². The second-order valence-corrected chi connectivity index (χ2v) is 7.62. The first-order valence-corrected chi connectivity index (χ1v) is 8.58. The lowest BCUT2D eigenvalue weighted by atomic mass is 9.96. The standard InChI is InChI=1S/C18H25ClN2O3/c1-12-5-6-15(14(19)11-12)20-16(22)13-7-9-21(10-8-13)17(23)24-18(2,3)4/h5-6,11,13H,7-10H2,1-4H3,(H,20,22). The van der Waals surface area contributed by atoms with E-state index in [1.54, 1.807) is 4.90 Å². The minimum atomic E-state index is -0.506. The lowest BCUT2D eigenvalue weighted by Crippen LogP contribution is -2.43. The summed E-state index contributed by atoms with van der Waals surface area (Å²) in [4.78, 5) is 26.1. The molecule has 1 saturated heterocycles. The molecule has 0 atom stereocenters. The highest BCUT2D eigenvalue weighted by Crippen LogP contribution is 2.25. The third kappa shape index (κ3) is 5.13. The summed E-state index contributed by atoms with van der Waals surface area (Å²) >= 11 is 6.15. The number of hydrogen-bond donors (Lipinski definition) is 1. The molecule has 132 valence electrons. The van der Waals surface area contributed by atoms with Crippen molar-refractivity contribution in [3.05, 3.63) is 28.8 Å². The Morgan fingerprint density at radius 1 is 1.25 bits per heavy atom. The van der Waals surface area contributed by atoms with E-state index < -0.39 is 5.60 Å². The molecule has 2 amide bonds. The molecule has 5 nitrogen and oxygen atoms in total. The first-order chi connectivity index (χ1) is 11.2. The van der Waals surface area contributed by atoms with E-state index in [1.807, 2.05) is 45.9 Å². The molecule has 0 aromatic heterocycles. The van der Waals surface area contributed by atoms with Gasteiger partial charge in [-0.15, -0.1) is 0 Å². The molecular formula is C18H25ClN2O3. The van der Waals surface area contributed by atoms with Crippen molar-refractivity contribution in [3.8, 4) is 0 Å². The Morgan fingerprint density at radius 2 is 1.88 bits per heavy atom. The van der Waals surface area contributed by atoms with Crippen molar-refractivity contribution in [1.29, 1.82) is 0 Å². The van der Waals surface area contributed by atoms with Gasteiger partial charge >= 0.3 is 6.09 Å². The van der Waals surface area contributed by atoms with E-state index in [4.69, 9.17) is 16.3 Å². The summed E-state index contributed by atoms with van der Waals surface area (Å²) in [6, 6.07) is 5.54. The summed E-state index contributed by atoms with van der Waals surface area (Å²) in [5.41, 5.74) is 1.17. The second-order valence-electron chi connectivity index (χ2n) is 7.21. The van der Waals surface area contributed by atoms with Crippen LogP contribution in [0.1, 0.15) is 39.2 Å². The Labute approximate surface area is 148 Å². The number of benzene rings is 1. The molecule has 0 aliphatic carbocycles. The maximum atomic E-state index is 12.4. The molecule has 1 aromatic carbocycles. The Morgan fingerprint density at radius 3 is 2.42 bits per heavy atom. The smallest absolute Gasteiger partial charge is 0.410 e. The Hall–Kier alpha value is -1.75. The molecular weight excluding hydrogens is 328 g/mol. The number of amides is 2. The van der Waals surface area contributed by atoms with Gasteiger partial charge in [0.05, 0.1) is 10.7 Å². The quantitative estimate of drug-likeness (QED) is 0.866. The molecule has 0 radical (unpaired) electrons. The number of ether oxygens (including phenoxy) is 1. The minimum absolute atomic E-state index is 0.0513. The van der Waals surface area contributed by atoms with Crippen LogP contribution in [0, 0.1) is 12.8 Å². The predicted molar refractivity (Wildman–Crippen MR) is 95.3 cm³/mol. The van der Waals surface area contributed by atoms with Gasteiger partial charge in [0.2, 0.25) is 5.91 Å². The fraction of sp³-hybridized carbons (Fsp3) is 0.556. The van der Waals surface area contributed by atoms with Crippen LogP contribution in [-0.4, -0.2) is 35.6 Å². The van der Waals surface area contributed by atoms with Gasteiger partial charge in [-0.1, -0.05) is 17.7 Å². The van der Waals surface area contributed by atoms with Gasteiger partial charge in [-0.2, -0.15) is 0 Å². The molecule has 1 fully saturated rings. The molecule has 1 heterocycles. The number of hydrogen-bond acceptors (Lipinski definition) is 3. The number of likely N-dealkylation sites (tertiary alicyclic amines) is 1. The average molecular weight is 353 g/mol. The number of carbonyl (C=O) groups excluding carboxylic acids is 2. The Balaban J connectivity index is 1.87. The van der Waals surface area contributed by atoms with E-state index in [1.165, 1.54) is 0 Å². The zero-order chi connectivity index (χ0) is 17.9. The van der Waals surface area contributed by atoms with E-state index in [9.17, 15) is 9.59 Å². The van der Waals surface area contributed by atoms with Crippen LogP contribution in [0.3, 0.4) is 0 Å². The number of piperidine rings is 1. The topological polar surface area (TPSA) is 58.6 Å². The van der Waals surface area contributed by atoms with Crippen molar-refractivity contribution in [2.75, 3.05) is 18.4 Å². The number of anilines is 1. The Bertz CT molecular complexity index is 617. The maximum Gasteiger partial charge on any atom is 0.410 e. The van der Waals surface area contributed by atoms with Crippen molar-refractivity contribution in [2.45, 2.75) is 46.1 Å². The summed E-state index contributed by atoms with van der Waals surface area (Å²) in [6.07, 6.45) is 0.922. The summed E-state index contributed by atoms with van der Waals surface area (Å²) in [5.74, 6) is -0.175. The molecule has 0 spiro atoms. The fourth-order valence-corrected chi connectivity index (χ4v) is 2.89. The molecule has 1 N–H and O–H groups in total. The van der Waals surface area contributed by atoms with Crippen molar-refractivity contribution in [3.63, 3.8) is 0 Å². The lowest BCUT2D eigenvalue weighted by molar-refractivity contribution is -0.121. The van der Waals surface area contributed by atoms with Gasteiger partial charge in [-0.3, -0.25) is 4.79 Å². The van der Waals surface area contributed by atoms with Gasteiger partial charge in [-0.25, -0.2) is 4.79 Å². The van der Waals surface area contributed by atoms with Crippen molar-refractivity contribution in [1.82, 2.24) is 4.90 Å². The number of rotatable bonds is 2. The number of nitrogens with zero attached hydrogens (tertiary/aromatic N) is 1. The zero-order valence-electron chi connectivity index (χ0n) is 14.7. The third-order valence-electron chi connectivity index (χ3n) is 3.90. The van der Waals surface area contributed by atoms with Gasteiger partial charge in [-0.05, 0) is 58.2 Å². The number of aryl methyl sites for hydroxylation is 1. The monoisotopic (exact) mass is 352 g/mol. The van der Waals surface area contributed by atoms with E-state index in [-0.39, 0.29) is 17.9 Å². The van der Waals surface area contributed by atoms with Crippen LogP contribution in [0.25, 0.3) is 0 Å². The molecule has 0 bridgehead atoms. The molecule has 6 heteroatoms. The first kappa shape index (κ1) is 18.6. The highest BCUT2D eigenvalue weighted by Gasteiger charge is 2.30. The van der Waals surface area contributed by atoms with Crippen LogP contribution >= 0.6 is 11.6 Å². The number of carbonyl (C=O) groups is 2. The SMILES string of the molecule is Cc1ccc(NC(=O)C2CCN(C(=O)OC(C)(C)C)CC2)c(Cl)c1. The molecule has 2 rings (SSSR count). The summed E-state index contributed by atoms with van der Waals surface area (Å²) in [6.45, 7) is 8.52.